The Morgan fingerprint density at radius 3 is 2.50 bits per heavy atom. The number of nitrogens with one attached hydrogen (secondary N) is 2. The average molecular weight is 417 g/mol. The molecule has 0 spiro atoms. The van der Waals surface area contributed by atoms with Crippen LogP contribution in [0.25, 0.3) is 10.9 Å². The first-order valence-corrected chi connectivity index (χ1v) is 10.00. The quantitative estimate of drug-likeness (QED) is 0.332. The Hall–Kier alpha value is -3.57. The predicted octanol–water partition coefficient (Wildman–Crippen LogP) is 4.91. The highest BCUT2D eigenvalue weighted by Crippen LogP contribution is 2.21. The summed E-state index contributed by atoms with van der Waals surface area (Å²) in [5.41, 5.74) is 6.67. The first-order valence-electron chi connectivity index (χ1n) is 9.62. The van der Waals surface area contributed by atoms with Crippen molar-refractivity contribution in [1.82, 2.24) is 9.99 Å². The maximum absolute atomic E-state index is 12.0. The summed E-state index contributed by atoms with van der Waals surface area (Å²) in [6, 6.07) is 25.5. The maximum atomic E-state index is 12.0. The molecule has 0 bridgehead atoms. The third-order valence-corrected chi connectivity index (χ3v) is 4.96. The van der Waals surface area contributed by atoms with Gasteiger partial charge in [0.2, 0.25) is 0 Å². The van der Waals surface area contributed by atoms with Crippen molar-refractivity contribution in [1.29, 1.82) is 0 Å². The van der Waals surface area contributed by atoms with Crippen LogP contribution in [0, 0.1) is 0 Å². The van der Waals surface area contributed by atoms with Crippen LogP contribution < -0.4 is 10.7 Å². The Morgan fingerprint density at radius 1 is 0.967 bits per heavy atom. The Balaban J connectivity index is 1.44. The number of para-hydroxylation sites is 2. The predicted molar refractivity (Wildman–Crippen MR) is 123 cm³/mol. The Morgan fingerprint density at radius 2 is 1.70 bits per heavy atom. The summed E-state index contributed by atoms with van der Waals surface area (Å²) < 4.78 is 2.17. The van der Waals surface area contributed by atoms with Crippen LogP contribution in [-0.2, 0) is 11.3 Å². The lowest BCUT2D eigenvalue weighted by Crippen LogP contribution is -2.25. The van der Waals surface area contributed by atoms with Gasteiger partial charge >= 0.3 is 0 Å². The molecule has 1 aromatic heterocycles. The molecule has 5 nitrogen and oxygen atoms in total. The molecule has 0 aliphatic carbocycles. The van der Waals surface area contributed by atoms with Gasteiger partial charge in [0.05, 0.1) is 12.8 Å². The normalized spacial score (nSPS) is 11.1. The fraction of sp³-hybridized carbons (Fsp3) is 0.0833. The number of aromatic nitrogens is 1. The first kappa shape index (κ1) is 19.7. The van der Waals surface area contributed by atoms with Gasteiger partial charge in [-0.1, -0.05) is 60.1 Å². The highest BCUT2D eigenvalue weighted by Gasteiger charge is 2.07. The van der Waals surface area contributed by atoms with Crippen LogP contribution in [0.2, 0.25) is 5.02 Å². The van der Waals surface area contributed by atoms with E-state index in [-0.39, 0.29) is 12.5 Å². The Bertz CT molecular complexity index is 1170. The minimum atomic E-state index is -0.208. The van der Waals surface area contributed by atoms with Gasteiger partial charge in [-0.15, -0.1) is 0 Å². The molecular weight excluding hydrogens is 396 g/mol. The molecule has 150 valence electrons. The molecule has 0 saturated carbocycles. The molecular formula is C24H21ClN4O. The van der Waals surface area contributed by atoms with Crippen LogP contribution in [0.1, 0.15) is 11.1 Å². The summed E-state index contributed by atoms with van der Waals surface area (Å²) in [6.45, 7) is 0.874. The van der Waals surface area contributed by atoms with Gasteiger partial charge in [-0.25, -0.2) is 5.43 Å². The Labute approximate surface area is 180 Å². The van der Waals surface area contributed by atoms with Gasteiger partial charge in [-0.2, -0.15) is 5.10 Å². The van der Waals surface area contributed by atoms with Crippen LogP contribution in [-0.4, -0.2) is 23.2 Å². The summed E-state index contributed by atoms with van der Waals surface area (Å²) in [7, 11) is 0. The van der Waals surface area contributed by atoms with Crippen molar-refractivity contribution in [2.45, 2.75) is 6.54 Å². The van der Waals surface area contributed by atoms with Gasteiger partial charge in [0.1, 0.15) is 0 Å². The van der Waals surface area contributed by atoms with Crippen molar-refractivity contribution in [3.63, 3.8) is 0 Å². The third kappa shape index (κ3) is 4.88. The molecule has 0 atom stereocenters. The number of hydrogen-bond acceptors (Lipinski definition) is 3. The monoisotopic (exact) mass is 416 g/mol. The van der Waals surface area contributed by atoms with Gasteiger partial charge in [0.15, 0.2) is 0 Å². The number of hydrazone groups is 1. The van der Waals surface area contributed by atoms with Crippen LogP contribution in [0.5, 0.6) is 0 Å². The van der Waals surface area contributed by atoms with Crippen molar-refractivity contribution in [3.8, 4) is 0 Å². The molecule has 2 N–H and O–H groups in total. The standard InChI is InChI=1S/C24H21ClN4O/c25-20-12-10-18(11-13-20)16-29-17-19(22-8-4-5-9-23(22)29)14-27-28-24(30)15-26-21-6-2-1-3-7-21/h1-14,17,26H,15-16H2,(H,28,30)/b27-14-. The van der Waals surface area contributed by atoms with E-state index >= 15 is 0 Å². The van der Waals surface area contributed by atoms with E-state index in [1.54, 1.807) is 6.21 Å². The second-order valence-electron chi connectivity index (χ2n) is 6.87. The number of fused-ring (bicyclic) bond motifs is 1. The largest absolute Gasteiger partial charge is 0.376 e. The van der Waals surface area contributed by atoms with Crippen molar-refractivity contribution in [3.05, 3.63) is 101 Å². The Kier molecular flexibility index (Phi) is 6.11. The number of carbonyl (C=O) groups is 1. The number of halogens is 1. The van der Waals surface area contributed by atoms with E-state index in [4.69, 9.17) is 11.6 Å². The molecule has 6 heteroatoms. The molecule has 4 rings (SSSR count). The summed E-state index contributed by atoms with van der Waals surface area (Å²) in [4.78, 5) is 12.0. The van der Waals surface area contributed by atoms with Crippen molar-refractivity contribution in [2.75, 3.05) is 11.9 Å². The number of anilines is 1. The summed E-state index contributed by atoms with van der Waals surface area (Å²) >= 11 is 5.99. The number of hydrogen-bond donors (Lipinski definition) is 2. The summed E-state index contributed by atoms with van der Waals surface area (Å²) in [5.74, 6) is -0.208. The number of amides is 1. The van der Waals surface area contributed by atoms with Crippen LogP contribution in [0.3, 0.4) is 0 Å². The zero-order chi connectivity index (χ0) is 20.8. The fourth-order valence-corrected chi connectivity index (χ4v) is 3.37. The van der Waals surface area contributed by atoms with Crippen LogP contribution >= 0.6 is 11.6 Å². The van der Waals surface area contributed by atoms with E-state index in [2.05, 4.69) is 26.5 Å². The summed E-state index contributed by atoms with van der Waals surface area (Å²) in [5, 5.41) is 9.00. The SMILES string of the molecule is O=C(CNc1ccccc1)N/N=C\c1cn(Cc2ccc(Cl)cc2)c2ccccc12. The lowest BCUT2D eigenvalue weighted by molar-refractivity contribution is -0.119. The molecule has 0 radical (unpaired) electrons. The van der Waals surface area contributed by atoms with E-state index in [0.717, 1.165) is 39.3 Å². The summed E-state index contributed by atoms with van der Waals surface area (Å²) in [6.07, 6.45) is 3.72. The minimum absolute atomic E-state index is 0.152. The number of carbonyl (C=O) groups excluding carboxylic acids is 1. The highest BCUT2D eigenvalue weighted by atomic mass is 35.5. The molecule has 30 heavy (non-hydrogen) atoms. The van der Waals surface area contributed by atoms with E-state index in [9.17, 15) is 4.79 Å². The molecule has 0 unspecified atom stereocenters. The molecule has 1 heterocycles. The molecule has 0 aliphatic rings. The van der Waals surface area contributed by atoms with Crippen molar-refractivity contribution in [2.24, 2.45) is 5.10 Å². The second-order valence-corrected chi connectivity index (χ2v) is 7.31. The first-order chi connectivity index (χ1) is 14.7. The van der Waals surface area contributed by atoms with Crippen molar-refractivity contribution >= 4 is 40.3 Å². The van der Waals surface area contributed by atoms with E-state index in [1.807, 2.05) is 79.0 Å². The van der Waals surface area contributed by atoms with Gasteiger partial charge < -0.3 is 9.88 Å². The maximum Gasteiger partial charge on any atom is 0.259 e. The van der Waals surface area contributed by atoms with Gasteiger partial charge in [0, 0.05) is 39.9 Å². The van der Waals surface area contributed by atoms with Gasteiger partial charge in [-0.05, 0) is 35.9 Å². The molecule has 1 amide bonds. The van der Waals surface area contributed by atoms with Crippen LogP contribution in [0.4, 0.5) is 5.69 Å². The van der Waals surface area contributed by atoms with E-state index in [0.29, 0.717) is 0 Å². The van der Waals surface area contributed by atoms with E-state index in [1.165, 1.54) is 0 Å². The second kappa shape index (κ2) is 9.29. The zero-order valence-electron chi connectivity index (χ0n) is 16.3. The fourth-order valence-electron chi connectivity index (χ4n) is 3.25. The average Bonchev–Trinajstić information content (AvgIpc) is 3.12. The lowest BCUT2D eigenvalue weighted by atomic mass is 10.2. The smallest absolute Gasteiger partial charge is 0.259 e. The minimum Gasteiger partial charge on any atom is -0.376 e. The van der Waals surface area contributed by atoms with Crippen LogP contribution in [0.15, 0.2) is 90.2 Å². The number of rotatable bonds is 7. The van der Waals surface area contributed by atoms with Crippen molar-refractivity contribution < 1.29 is 4.79 Å². The molecule has 0 fully saturated rings. The van der Waals surface area contributed by atoms with Gasteiger partial charge in [-0.3, -0.25) is 4.79 Å². The van der Waals surface area contributed by atoms with E-state index < -0.39 is 0 Å². The molecule has 0 saturated heterocycles. The number of nitrogens with zero attached hydrogens (tertiary/aromatic N) is 2. The lowest BCUT2D eigenvalue weighted by Gasteiger charge is -2.05. The zero-order valence-corrected chi connectivity index (χ0v) is 17.0. The highest BCUT2D eigenvalue weighted by molar-refractivity contribution is 6.30. The molecule has 3 aromatic carbocycles. The topological polar surface area (TPSA) is 58.4 Å². The molecule has 0 aliphatic heterocycles. The number of benzene rings is 3. The third-order valence-electron chi connectivity index (χ3n) is 4.71. The molecule has 4 aromatic rings. The van der Waals surface area contributed by atoms with Gasteiger partial charge in [0.25, 0.3) is 5.91 Å².